The van der Waals surface area contributed by atoms with Crippen molar-refractivity contribution in [2.24, 2.45) is 0 Å². The number of nitrogen functional groups attached to an aromatic ring is 1. The van der Waals surface area contributed by atoms with Gasteiger partial charge in [0.15, 0.2) is 0 Å². The van der Waals surface area contributed by atoms with Crippen LogP contribution in [0.1, 0.15) is 39.0 Å². The highest BCUT2D eigenvalue weighted by molar-refractivity contribution is 5.75. The van der Waals surface area contributed by atoms with Crippen LogP contribution < -0.4 is 10.6 Å². The zero-order chi connectivity index (χ0) is 13.8. The van der Waals surface area contributed by atoms with Crippen LogP contribution in [0, 0.1) is 10.1 Å². The SMILES string of the molecule is CCCC1CCCCN1c1cccc(N)c1[N+](=O)[O-]. The summed E-state index contributed by atoms with van der Waals surface area (Å²) in [6.07, 6.45) is 5.58. The summed E-state index contributed by atoms with van der Waals surface area (Å²) in [6.45, 7) is 3.04. The molecule has 1 aliphatic heterocycles. The fourth-order valence-corrected chi connectivity index (χ4v) is 2.93. The van der Waals surface area contributed by atoms with Gasteiger partial charge in [-0.3, -0.25) is 10.1 Å². The molecule has 1 atom stereocenters. The van der Waals surface area contributed by atoms with E-state index in [9.17, 15) is 10.1 Å². The van der Waals surface area contributed by atoms with Crippen molar-refractivity contribution in [3.8, 4) is 0 Å². The molecule has 1 fully saturated rings. The van der Waals surface area contributed by atoms with Crippen LogP contribution in [0.3, 0.4) is 0 Å². The van der Waals surface area contributed by atoms with E-state index in [1.807, 2.05) is 6.07 Å². The molecule has 1 aliphatic rings. The van der Waals surface area contributed by atoms with Crippen molar-refractivity contribution in [3.05, 3.63) is 28.3 Å². The predicted molar refractivity (Wildman–Crippen MR) is 77.4 cm³/mol. The number of nitro benzene ring substituents is 1. The smallest absolute Gasteiger partial charge is 0.315 e. The Hall–Kier alpha value is -1.78. The lowest BCUT2D eigenvalue weighted by Crippen LogP contribution is -2.39. The molecule has 19 heavy (non-hydrogen) atoms. The molecule has 1 heterocycles. The van der Waals surface area contributed by atoms with Crippen LogP contribution in [-0.2, 0) is 0 Å². The number of rotatable bonds is 4. The molecule has 104 valence electrons. The van der Waals surface area contributed by atoms with Crippen LogP contribution in [0.5, 0.6) is 0 Å². The molecule has 1 saturated heterocycles. The normalized spacial score (nSPS) is 19.4. The number of benzene rings is 1. The number of piperidine rings is 1. The first kappa shape index (κ1) is 13.6. The number of anilines is 2. The Kier molecular flexibility index (Phi) is 4.24. The maximum atomic E-state index is 11.2. The summed E-state index contributed by atoms with van der Waals surface area (Å²) >= 11 is 0. The Bertz CT molecular complexity index is 460. The molecule has 1 unspecified atom stereocenters. The standard InChI is InChI=1S/C14H21N3O2/c1-2-6-11-7-3-4-10-16(11)13-9-5-8-12(15)14(13)17(18)19/h5,8-9,11H,2-4,6-7,10,15H2,1H3. The molecule has 0 bridgehead atoms. The van der Waals surface area contributed by atoms with Crippen molar-refractivity contribution in [1.82, 2.24) is 0 Å². The summed E-state index contributed by atoms with van der Waals surface area (Å²) in [4.78, 5) is 13.1. The Labute approximate surface area is 113 Å². The van der Waals surface area contributed by atoms with Gasteiger partial charge in [-0.1, -0.05) is 19.4 Å². The van der Waals surface area contributed by atoms with Crippen LogP contribution in [0.15, 0.2) is 18.2 Å². The van der Waals surface area contributed by atoms with Gasteiger partial charge in [0.25, 0.3) is 0 Å². The average Bonchev–Trinajstić information content (AvgIpc) is 2.39. The molecule has 0 amide bonds. The summed E-state index contributed by atoms with van der Waals surface area (Å²) in [5.41, 5.74) is 6.78. The Morgan fingerprint density at radius 1 is 1.47 bits per heavy atom. The second-order valence-electron chi connectivity index (χ2n) is 5.10. The number of hydrogen-bond donors (Lipinski definition) is 1. The minimum atomic E-state index is -0.359. The minimum Gasteiger partial charge on any atom is -0.393 e. The van der Waals surface area contributed by atoms with Gasteiger partial charge in [-0.25, -0.2) is 0 Å². The molecule has 1 aromatic carbocycles. The van der Waals surface area contributed by atoms with Gasteiger partial charge in [-0.2, -0.15) is 0 Å². The maximum absolute atomic E-state index is 11.2. The number of nitrogens with zero attached hydrogens (tertiary/aromatic N) is 2. The molecule has 0 spiro atoms. The van der Waals surface area contributed by atoms with Crippen LogP contribution in [-0.4, -0.2) is 17.5 Å². The molecule has 5 heteroatoms. The van der Waals surface area contributed by atoms with E-state index >= 15 is 0 Å². The van der Waals surface area contributed by atoms with Crippen molar-refractivity contribution in [2.75, 3.05) is 17.2 Å². The van der Waals surface area contributed by atoms with Crippen molar-refractivity contribution in [2.45, 2.75) is 45.1 Å². The van der Waals surface area contributed by atoms with Crippen molar-refractivity contribution in [1.29, 1.82) is 0 Å². The fourth-order valence-electron chi connectivity index (χ4n) is 2.93. The average molecular weight is 263 g/mol. The van der Waals surface area contributed by atoms with E-state index in [4.69, 9.17) is 5.73 Å². The minimum absolute atomic E-state index is 0.0607. The lowest BCUT2D eigenvalue weighted by molar-refractivity contribution is -0.383. The third-order valence-corrected chi connectivity index (χ3v) is 3.79. The molecule has 0 radical (unpaired) electrons. The molecule has 0 aliphatic carbocycles. The highest BCUT2D eigenvalue weighted by Gasteiger charge is 2.28. The monoisotopic (exact) mass is 263 g/mol. The summed E-state index contributed by atoms with van der Waals surface area (Å²) in [6, 6.07) is 5.62. The van der Waals surface area contributed by atoms with Gasteiger partial charge in [0.2, 0.25) is 0 Å². The van der Waals surface area contributed by atoms with Gasteiger partial charge in [-0.05, 0) is 37.8 Å². The van der Waals surface area contributed by atoms with Crippen molar-refractivity contribution in [3.63, 3.8) is 0 Å². The summed E-state index contributed by atoms with van der Waals surface area (Å²) in [7, 11) is 0. The number of hydrogen-bond acceptors (Lipinski definition) is 4. The van der Waals surface area contributed by atoms with E-state index in [0.29, 0.717) is 11.7 Å². The highest BCUT2D eigenvalue weighted by Crippen LogP contribution is 2.37. The van der Waals surface area contributed by atoms with Crippen molar-refractivity contribution >= 4 is 17.1 Å². The molecule has 0 saturated carbocycles. The summed E-state index contributed by atoms with van der Waals surface area (Å²) in [5.74, 6) is 0. The molecule has 1 aromatic rings. The number of para-hydroxylation sites is 1. The zero-order valence-corrected chi connectivity index (χ0v) is 11.3. The second-order valence-corrected chi connectivity index (χ2v) is 5.10. The third-order valence-electron chi connectivity index (χ3n) is 3.79. The van der Waals surface area contributed by atoms with Gasteiger partial charge >= 0.3 is 5.69 Å². The first-order chi connectivity index (χ1) is 9.15. The van der Waals surface area contributed by atoms with E-state index in [2.05, 4.69) is 11.8 Å². The number of nitro groups is 1. The first-order valence-corrected chi connectivity index (χ1v) is 6.94. The van der Waals surface area contributed by atoms with Crippen LogP contribution in [0.2, 0.25) is 0 Å². The second kappa shape index (κ2) is 5.91. The predicted octanol–water partition coefficient (Wildman–Crippen LogP) is 3.34. The zero-order valence-electron chi connectivity index (χ0n) is 11.3. The molecule has 5 nitrogen and oxygen atoms in total. The van der Waals surface area contributed by atoms with Crippen LogP contribution >= 0.6 is 0 Å². The summed E-state index contributed by atoms with van der Waals surface area (Å²) in [5, 5.41) is 11.2. The molecule has 0 aromatic heterocycles. The van der Waals surface area contributed by atoms with E-state index in [1.165, 1.54) is 6.42 Å². The van der Waals surface area contributed by atoms with Gasteiger partial charge in [0.1, 0.15) is 11.4 Å². The lowest BCUT2D eigenvalue weighted by atomic mass is 9.97. The third kappa shape index (κ3) is 2.80. The van der Waals surface area contributed by atoms with Crippen LogP contribution in [0.4, 0.5) is 17.1 Å². The fraction of sp³-hybridized carbons (Fsp3) is 0.571. The topological polar surface area (TPSA) is 72.4 Å². The maximum Gasteiger partial charge on any atom is 0.315 e. The molecular weight excluding hydrogens is 242 g/mol. The van der Waals surface area contributed by atoms with Gasteiger partial charge in [0, 0.05) is 12.6 Å². The quantitative estimate of drug-likeness (QED) is 0.513. The Morgan fingerprint density at radius 2 is 2.26 bits per heavy atom. The van der Waals surface area contributed by atoms with Crippen molar-refractivity contribution < 1.29 is 4.92 Å². The van der Waals surface area contributed by atoms with E-state index in [-0.39, 0.29) is 16.3 Å². The molecule has 2 N–H and O–H groups in total. The summed E-state index contributed by atoms with van der Waals surface area (Å²) < 4.78 is 0. The Balaban J connectivity index is 2.38. The van der Waals surface area contributed by atoms with Gasteiger partial charge in [-0.15, -0.1) is 0 Å². The van der Waals surface area contributed by atoms with E-state index in [1.54, 1.807) is 12.1 Å². The number of nitrogens with two attached hydrogens (primary N) is 1. The van der Waals surface area contributed by atoms with E-state index < -0.39 is 0 Å². The van der Waals surface area contributed by atoms with Crippen LogP contribution in [0.25, 0.3) is 0 Å². The highest BCUT2D eigenvalue weighted by atomic mass is 16.6. The largest absolute Gasteiger partial charge is 0.393 e. The Morgan fingerprint density at radius 3 is 2.95 bits per heavy atom. The molecular formula is C14H21N3O2. The van der Waals surface area contributed by atoms with Gasteiger partial charge in [0.05, 0.1) is 4.92 Å². The van der Waals surface area contributed by atoms with Gasteiger partial charge < -0.3 is 10.6 Å². The lowest BCUT2D eigenvalue weighted by Gasteiger charge is -2.37. The molecule has 2 rings (SSSR count). The van der Waals surface area contributed by atoms with E-state index in [0.717, 1.165) is 32.2 Å². The first-order valence-electron chi connectivity index (χ1n) is 6.94.